The van der Waals surface area contributed by atoms with E-state index >= 15 is 0 Å². The molecule has 0 rings (SSSR count). The van der Waals surface area contributed by atoms with Crippen molar-refractivity contribution in [1.29, 1.82) is 0 Å². The fourth-order valence-electron chi connectivity index (χ4n) is 1.12. The molecule has 0 saturated carbocycles. The smallest absolute Gasteiger partial charge is 0.237 e. The van der Waals surface area contributed by atoms with Crippen LogP contribution in [0.15, 0.2) is 0 Å². The lowest BCUT2D eigenvalue weighted by Crippen LogP contribution is -2.45. The van der Waals surface area contributed by atoms with E-state index in [0.717, 1.165) is 13.0 Å². The van der Waals surface area contributed by atoms with E-state index < -0.39 is 0 Å². The van der Waals surface area contributed by atoms with Crippen molar-refractivity contribution in [2.24, 2.45) is 0 Å². The van der Waals surface area contributed by atoms with Gasteiger partial charge in [0.1, 0.15) is 0 Å². The Hall–Kier alpha value is -0.220. The van der Waals surface area contributed by atoms with E-state index in [4.69, 9.17) is 0 Å². The molecule has 2 unspecified atom stereocenters. The highest BCUT2D eigenvalue weighted by atomic mass is 32.2. The monoisotopic (exact) mass is 232 g/mol. The number of hydrogen-bond donors (Lipinski definition) is 2. The first-order chi connectivity index (χ1) is 6.97. The second-order valence-electron chi connectivity index (χ2n) is 4.17. The van der Waals surface area contributed by atoms with Crippen LogP contribution in [0.2, 0.25) is 0 Å². The zero-order valence-corrected chi connectivity index (χ0v) is 11.3. The fourth-order valence-corrected chi connectivity index (χ4v) is 1.48. The van der Waals surface area contributed by atoms with Crippen LogP contribution in [0.4, 0.5) is 0 Å². The van der Waals surface area contributed by atoms with Crippen LogP contribution in [0.25, 0.3) is 0 Å². The molecule has 0 aromatic carbocycles. The van der Waals surface area contributed by atoms with Crippen molar-refractivity contribution in [2.45, 2.75) is 51.4 Å². The third-order valence-electron chi connectivity index (χ3n) is 2.23. The molecule has 0 saturated heterocycles. The lowest BCUT2D eigenvalue weighted by molar-refractivity contribution is -0.123. The summed E-state index contributed by atoms with van der Waals surface area (Å²) in [4.78, 5) is 11.5. The van der Waals surface area contributed by atoms with E-state index in [1.54, 1.807) is 0 Å². The molecule has 0 aliphatic carbocycles. The number of carbonyl (C=O) groups is 1. The van der Waals surface area contributed by atoms with Gasteiger partial charge in [0.25, 0.3) is 0 Å². The molecule has 0 aromatic heterocycles. The molecule has 0 bridgehead atoms. The molecular formula is C11H24N2OS. The van der Waals surface area contributed by atoms with E-state index in [2.05, 4.69) is 23.8 Å². The molecule has 3 nitrogen and oxygen atoms in total. The van der Waals surface area contributed by atoms with Crippen LogP contribution in [0, 0.1) is 0 Å². The van der Waals surface area contributed by atoms with Gasteiger partial charge in [-0.05, 0) is 40.0 Å². The average Bonchev–Trinajstić information content (AvgIpc) is 2.16. The van der Waals surface area contributed by atoms with Crippen molar-refractivity contribution in [2.75, 3.05) is 12.8 Å². The van der Waals surface area contributed by atoms with Crippen molar-refractivity contribution in [1.82, 2.24) is 10.6 Å². The zero-order valence-electron chi connectivity index (χ0n) is 10.5. The predicted molar refractivity (Wildman–Crippen MR) is 68.3 cm³/mol. The van der Waals surface area contributed by atoms with E-state index in [9.17, 15) is 4.79 Å². The SMILES string of the molecule is CSC(C)CCNC(C)C(=O)NC(C)C. The molecule has 90 valence electrons. The molecule has 0 heterocycles. The minimum absolute atomic E-state index is 0.0850. The highest BCUT2D eigenvalue weighted by Crippen LogP contribution is 2.08. The molecule has 0 aliphatic rings. The highest BCUT2D eigenvalue weighted by Gasteiger charge is 2.12. The number of rotatable bonds is 7. The van der Waals surface area contributed by atoms with E-state index in [1.807, 2.05) is 32.5 Å². The first kappa shape index (κ1) is 14.8. The maximum absolute atomic E-state index is 11.5. The lowest BCUT2D eigenvalue weighted by Gasteiger charge is -2.16. The number of carbonyl (C=O) groups excluding carboxylic acids is 1. The Balaban J connectivity index is 3.64. The standard InChI is InChI=1S/C11H24N2OS/c1-8(2)13-11(14)10(4)12-7-6-9(3)15-5/h8-10,12H,6-7H2,1-5H3,(H,13,14). The summed E-state index contributed by atoms with van der Waals surface area (Å²) in [5, 5.41) is 6.77. The van der Waals surface area contributed by atoms with Crippen molar-refractivity contribution in [3.63, 3.8) is 0 Å². The normalized spacial score (nSPS) is 15.1. The van der Waals surface area contributed by atoms with Gasteiger partial charge in [-0.2, -0.15) is 11.8 Å². The van der Waals surface area contributed by atoms with Gasteiger partial charge < -0.3 is 10.6 Å². The van der Waals surface area contributed by atoms with Crippen molar-refractivity contribution in [3.05, 3.63) is 0 Å². The summed E-state index contributed by atoms with van der Waals surface area (Å²) in [5.74, 6) is 0.0850. The molecule has 0 aromatic rings. The third kappa shape index (κ3) is 7.68. The van der Waals surface area contributed by atoms with E-state index in [1.165, 1.54) is 0 Å². The summed E-state index contributed by atoms with van der Waals surface area (Å²) in [6, 6.07) is 0.119. The largest absolute Gasteiger partial charge is 0.353 e. The van der Waals surface area contributed by atoms with Crippen LogP contribution in [0.5, 0.6) is 0 Å². The van der Waals surface area contributed by atoms with Gasteiger partial charge in [-0.25, -0.2) is 0 Å². The van der Waals surface area contributed by atoms with Crippen molar-refractivity contribution < 1.29 is 4.79 Å². The van der Waals surface area contributed by atoms with Gasteiger partial charge in [-0.1, -0.05) is 6.92 Å². The van der Waals surface area contributed by atoms with Gasteiger partial charge in [0.2, 0.25) is 5.91 Å². The second-order valence-corrected chi connectivity index (χ2v) is 5.45. The summed E-state index contributed by atoms with van der Waals surface area (Å²) in [5.41, 5.74) is 0. The Morgan fingerprint density at radius 3 is 2.33 bits per heavy atom. The summed E-state index contributed by atoms with van der Waals surface area (Å²) in [6.45, 7) is 8.95. The minimum Gasteiger partial charge on any atom is -0.353 e. The van der Waals surface area contributed by atoms with Gasteiger partial charge in [0, 0.05) is 11.3 Å². The first-order valence-electron chi connectivity index (χ1n) is 5.54. The topological polar surface area (TPSA) is 41.1 Å². The van der Waals surface area contributed by atoms with Crippen LogP contribution < -0.4 is 10.6 Å². The Morgan fingerprint density at radius 1 is 1.27 bits per heavy atom. The van der Waals surface area contributed by atoms with Crippen LogP contribution in [0.3, 0.4) is 0 Å². The van der Waals surface area contributed by atoms with Gasteiger partial charge in [0.05, 0.1) is 6.04 Å². The maximum Gasteiger partial charge on any atom is 0.237 e. The van der Waals surface area contributed by atoms with Crippen LogP contribution in [-0.4, -0.2) is 36.0 Å². The zero-order chi connectivity index (χ0) is 11.8. The van der Waals surface area contributed by atoms with Crippen molar-refractivity contribution in [3.8, 4) is 0 Å². The molecule has 2 N–H and O–H groups in total. The Kier molecular flexibility index (Phi) is 7.88. The summed E-state index contributed by atoms with van der Waals surface area (Å²) in [6.07, 6.45) is 3.21. The minimum atomic E-state index is -0.0959. The summed E-state index contributed by atoms with van der Waals surface area (Å²) in [7, 11) is 0. The molecule has 0 radical (unpaired) electrons. The Morgan fingerprint density at radius 2 is 1.87 bits per heavy atom. The van der Waals surface area contributed by atoms with E-state index in [0.29, 0.717) is 5.25 Å². The van der Waals surface area contributed by atoms with Crippen LogP contribution in [-0.2, 0) is 4.79 Å². The Bertz CT molecular complexity index is 185. The van der Waals surface area contributed by atoms with Crippen LogP contribution >= 0.6 is 11.8 Å². The molecule has 2 atom stereocenters. The van der Waals surface area contributed by atoms with E-state index in [-0.39, 0.29) is 18.0 Å². The predicted octanol–water partition coefficient (Wildman–Crippen LogP) is 1.63. The van der Waals surface area contributed by atoms with Crippen molar-refractivity contribution >= 4 is 17.7 Å². The fraction of sp³-hybridized carbons (Fsp3) is 0.909. The quantitative estimate of drug-likeness (QED) is 0.701. The van der Waals surface area contributed by atoms with Gasteiger partial charge in [-0.3, -0.25) is 4.79 Å². The van der Waals surface area contributed by atoms with Crippen LogP contribution in [0.1, 0.15) is 34.1 Å². The Labute approximate surface area is 97.8 Å². The average molecular weight is 232 g/mol. The highest BCUT2D eigenvalue weighted by molar-refractivity contribution is 7.99. The molecule has 15 heavy (non-hydrogen) atoms. The lowest BCUT2D eigenvalue weighted by atomic mass is 10.2. The van der Waals surface area contributed by atoms with Gasteiger partial charge in [0.15, 0.2) is 0 Å². The maximum atomic E-state index is 11.5. The molecule has 0 spiro atoms. The second kappa shape index (κ2) is 7.99. The molecular weight excluding hydrogens is 208 g/mol. The van der Waals surface area contributed by atoms with Gasteiger partial charge in [-0.15, -0.1) is 0 Å². The summed E-state index contributed by atoms with van der Waals surface area (Å²) >= 11 is 1.85. The summed E-state index contributed by atoms with van der Waals surface area (Å²) < 4.78 is 0. The number of thioether (sulfide) groups is 1. The first-order valence-corrected chi connectivity index (χ1v) is 6.82. The third-order valence-corrected chi connectivity index (χ3v) is 3.27. The van der Waals surface area contributed by atoms with Gasteiger partial charge >= 0.3 is 0 Å². The molecule has 1 amide bonds. The molecule has 4 heteroatoms. The molecule has 0 aliphatic heterocycles. The number of nitrogens with one attached hydrogen (secondary N) is 2. The number of hydrogen-bond acceptors (Lipinski definition) is 3. The number of amides is 1. The molecule has 0 fully saturated rings.